The number of hydrogen-bond donors (Lipinski definition) is 1. The zero-order valence-corrected chi connectivity index (χ0v) is 13.3. The highest BCUT2D eigenvalue weighted by Crippen LogP contribution is 2.26. The summed E-state index contributed by atoms with van der Waals surface area (Å²) in [6.45, 7) is 2.86. The lowest BCUT2D eigenvalue weighted by molar-refractivity contribution is 0.483. The van der Waals surface area contributed by atoms with E-state index in [1.54, 1.807) is 18.3 Å². The number of aromatic nitrogens is 1. The Balaban J connectivity index is 2.24. The largest absolute Gasteiger partial charge is 0.308 e. The topological polar surface area (TPSA) is 24.9 Å². The van der Waals surface area contributed by atoms with E-state index in [2.05, 4.69) is 17.2 Å². The number of halogens is 3. The van der Waals surface area contributed by atoms with Crippen molar-refractivity contribution < 1.29 is 4.39 Å². The highest BCUT2D eigenvalue weighted by Gasteiger charge is 2.17. The number of rotatable bonds is 6. The lowest BCUT2D eigenvalue weighted by atomic mass is 10.0. The van der Waals surface area contributed by atoms with Gasteiger partial charge in [0.1, 0.15) is 5.82 Å². The first kappa shape index (κ1) is 16.2. The summed E-state index contributed by atoms with van der Waals surface area (Å²) in [6, 6.07) is 8.29. The Morgan fingerprint density at radius 3 is 2.71 bits per heavy atom. The van der Waals surface area contributed by atoms with E-state index < -0.39 is 0 Å². The molecular weight excluding hydrogens is 310 g/mol. The minimum absolute atomic E-state index is 0.191. The summed E-state index contributed by atoms with van der Waals surface area (Å²) >= 11 is 12.0. The summed E-state index contributed by atoms with van der Waals surface area (Å²) in [5.74, 6) is -0.300. The van der Waals surface area contributed by atoms with Gasteiger partial charge in [-0.1, -0.05) is 36.2 Å². The number of nitrogens with one attached hydrogen (secondary N) is 1. The first-order chi connectivity index (χ1) is 10.1. The Hall–Kier alpha value is -1.16. The van der Waals surface area contributed by atoms with Crippen molar-refractivity contribution in [2.24, 2.45) is 0 Å². The van der Waals surface area contributed by atoms with Crippen LogP contribution in [0.4, 0.5) is 4.39 Å². The van der Waals surface area contributed by atoms with E-state index in [1.807, 2.05) is 12.1 Å². The van der Waals surface area contributed by atoms with Gasteiger partial charge in [-0.15, -0.1) is 0 Å². The average molecular weight is 327 g/mol. The summed E-state index contributed by atoms with van der Waals surface area (Å²) in [5.41, 5.74) is 1.42. The van der Waals surface area contributed by atoms with Crippen LogP contribution in [-0.4, -0.2) is 11.5 Å². The molecule has 0 radical (unpaired) electrons. The third kappa shape index (κ3) is 4.40. The molecule has 112 valence electrons. The number of pyridine rings is 1. The van der Waals surface area contributed by atoms with Gasteiger partial charge in [0.15, 0.2) is 0 Å². The molecule has 0 fully saturated rings. The maximum absolute atomic E-state index is 14.0. The minimum Gasteiger partial charge on any atom is -0.308 e. The Bertz CT molecular complexity index is 605. The van der Waals surface area contributed by atoms with Gasteiger partial charge < -0.3 is 5.32 Å². The predicted octanol–water partition coefficient (Wildman–Crippen LogP) is 4.81. The molecule has 5 heteroatoms. The molecule has 1 N–H and O–H groups in total. The summed E-state index contributed by atoms with van der Waals surface area (Å²) in [4.78, 5) is 4.17. The third-order valence-electron chi connectivity index (χ3n) is 3.18. The highest BCUT2D eigenvalue weighted by atomic mass is 35.5. The van der Waals surface area contributed by atoms with Crippen molar-refractivity contribution >= 4 is 23.2 Å². The molecule has 0 saturated carbocycles. The van der Waals surface area contributed by atoms with E-state index in [9.17, 15) is 4.39 Å². The maximum Gasteiger partial charge on any atom is 0.146 e. The van der Waals surface area contributed by atoms with E-state index in [0.717, 1.165) is 18.5 Å². The van der Waals surface area contributed by atoms with Gasteiger partial charge in [-0.3, -0.25) is 4.98 Å². The predicted molar refractivity (Wildman–Crippen MR) is 85.4 cm³/mol. The second-order valence-corrected chi connectivity index (χ2v) is 5.64. The fourth-order valence-corrected chi connectivity index (χ4v) is 2.46. The van der Waals surface area contributed by atoms with Crippen LogP contribution in [0, 0.1) is 5.82 Å². The molecule has 1 aromatic carbocycles. The van der Waals surface area contributed by atoms with E-state index in [1.165, 1.54) is 6.07 Å². The Morgan fingerprint density at radius 1 is 1.24 bits per heavy atom. The normalized spacial score (nSPS) is 12.4. The Morgan fingerprint density at radius 2 is 2.05 bits per heavy atom. The van der Waals surface area contributed by atoms with Crippen LogP contribution in [0.5, 0.6) is 0 Å². The number of hydrogen-bond acceptors (Lipinski definition) is 2. The van der Waals surface area contributed by atoms with Gasteiger partial charge >= 0.3 is 0 Å². The number of benzene rings is 1. The molecule has 1 atom stereocenters. The fraction of sp³-hybridized carbons (Fsp3) is 0.312. The molecule has 0 aliphatic carbocycles. The monoisotopic (exact) mass is 326 g/mol. The van der Waals surface area contributed by atoms with Crippen molar-refractivity contribution in [1.82, 2.24) is 10.3 Å². The Kier molecular flexibility index (Phi) is 5.97. The van der Waals surface area contributed by atoms with E-state index in [-0.39, 0.29) is 11.9 Å². The SMILES string of the molecule is CCCNC(Cc1ccc(Cl)c(Cl)c1)c1ncccc1F. The van der Waals surface area contributed by atoms with Gasteiger partial charge in [0.2, 0.25) is 0 Å². The molecule has 0 aliphatic rings. The Labute approximate surface area is 134 Å². The highest BCUT2D eigenvalue weighted by molar-refractivity contribution is 6.42. The zero-order chi connectivity index (χ0) is 15.2. The molecule has 1 unspecified atom stereocenters. The van der Waals surface area contributed by atoms with E-state index in [0.29, 0.717) is 22.2 Å². The molecule has 1 heterocycles. The van der Waals surface area contributed by atoms with Gasteiger partial charge in [-0.25, -0.2) is 4.39 Å². The molecule has 0 aliphatic heterocycles. The van der Waals surface area contributed by atoms with Crippen LogP contribution in [-0.2, 0) is 6.42 Å². The molecule has 2 rings (SSSR count). The molecular formula is C16H17Cl2FN2. The smallest absolute Gasteiger partial charge is 0.146 e. The van der Waals surface area contributed by atoms with Crippen molar-refractivity contribution in [3.8, 4) is 0 Å². The van der Waals surface area contributed by atoms with Crippen molar-refractivity contribution in [2.45, 2.75) is 25.8 Å². The molecule has 1 aromatic heterocycles. The van der Waals surface area contributed by atoms with Crippen LogP contribution in [0.15, 0.2) is 36.5 Å². The first-order valence-corrected chi connectivity index (χ1v) is 7.65. The molecule has 2 aromatic rings. The van der Waals surface area contributed by atoms with Gasteiger partial charge in [0, 0.05) is 6.20 Å². The van der Waals surface area contributed by atoms with E-state index in [4.69, 9.17) is 23.2 Å². The second-order valence-electron chi connectivity index (χ2n) is 4.83. The van der Waals surface area contributed by atoms with Gasteiger partial charge in [0.25, 0.3) is 0 Å². The first-order valence-electron chi connectivity index (χ1n) is 6.89. The summed E-state index contributed by atoms with van der Waals surface area (Å²) in [6.07, 6.45) is 3.17. The second kappa shape index (κ2) is 7.74. The van der Waals surface area contributed by atoms with Crippen LogP contribution in [0.1, 0.15) is 30.6 Å². The maximum atomic E-state index is 14.0. The molecule has 0 spiro atoms. The molecule has 21 heavy (non-hydrogen) atoms. The van der Waals surface area contributed by atoms with Crippen molar-refractivity contribution in [2.75, 3.05) is 6.54 Å². The van der Waals surface area contributed by atoms with Crippen molar-refractivity contribution in [1.29, 1.82) is 0 Å². The lowest BCUT2D eigenvalue weighted by Crippen LogP contribution is -2.26. The fourth-order valence-electron chi connectivity index (χ4n) is 2.14. The molecule has 0 saturated heterocycles. The quantitative estimate of drug-likeness (QED) is 0.823. The van der Waals surface area contributed by atoms with Crippen LogP contribution in [0.3, 0.4) is 0 Å². The standard InChI is InChI=1S/C16H17Cl2FN2/c1-2-7-20-15(16-14(19)4-3-8-21-16)10-11-5-6-12(17)13(18)9-11/h3-6,8-9,15,20H,2,7,10H2,1H3. The minimum atomic E-state index is -0.300. The number of nitrogens with zero attached hydrogens (tertiary/aromatic N) is 1. The van der Waals surface area contributed by atoms with Crippen LogP contribution < -0.4 is 5.32 Å². The van der Waals surface area contributed by atoms with Crippen molar-refractivity contribution in [3.63, 3.8) is 0 Å². The molecule has 0 amide bonds. The van der Waals surface area contributed by atoms with Gasteiger partial charge in [0.05, 0.1) is 21.8 Å². The van der Waals surface area contributed by atoms with Crippen LogP contribution in [0.25, 0.3) is 0 Å². The van der Waals surface area contributed by atoms with E-state index >= 15 is 0 Å². The molecule has 0 bridgehead atoms. The average Bonchev–Trinajstić information content (AvgIpc) is 2.48. The lowest BCUT2D eigenvalue weighted by Gasteiger charge is -2.19. The van der Waals surface area contributed by atoms with Crippen molar-refractivity contribution in [3.05, 3.63) is 63.6 Å². The van der Waals surface area contributed by atoms with Crippen LogP contribution in [0.2, 0.25) is 10.0 Å². The van der Waals surface area contributed by atoms with Gasteiger partial charge in [-0.2, -0.15) is 0 Å². The molecule has 2 nitrogen and oxygen atoms in total. The van der Waals surface area contributed by atoms with Gasteiger partial charge in [-0.05, 0) is 49.2 Å². The summed E-state index contributed by atoms with van der Waals surface area (Å²) in [7, 11) is 0. The zero-order valence-electron chi connectivity index (χ0n) is 11.7. The third-order valence-corrected chi connectivity index (χ3v) is 3.92. The van der Waals surface area contributed by atoms with Crippen LogP contribution >= 0.6 is 23.2 Å². The summed E-state index contributed by atoms with van der Waals surface area (Å²) < 4.78 is 14.0. The summed E-state index contributed by atoms with van der Waals surface area (Å²) in [5, 5.41) is 4.35.